The summed E-state index contributed by atoms with van der Waals surface area (Å²) in [6.45, 7) is 3.73. The van der Waals surface area contributed by atoms with Crippen LogP contribution in [0.5, 0.6) is 0 Å². The second-order valence-electron chi connectivity index (χ2n) is 4.99. The minimum absolute atomic E-state index is 0.0667. The summed E-state index contributed by atoms with van der Waals surface area (Å²) in [5.41, 5.74) is -0.240. The maximum atomic E-state index is 13.5. The summed E-state index contributed by atoms with van der Waals surface area (Å²) in [6.07, 6.45) is 2.10. The number of halogens is 2. The van der Waals surface area contributed by atoms with E-state index in [4.69, 9.17) is 0 Å². The van der Waals surface area contributed by atoms with Gasteiger partial charge in [0.2, 0.25) is 0 Å². The van der Waals surface area contributed by atoms with Gasteiger partial charge in [0, 0.05) is 6.04 Å². The standard InChI is InChI=1S/C14H18F2N2O/c1-9(10-3-2-6-17-8-10)18-14(19)12-7-11(15)4-5-13(12)16/h4-5,7,9-10,17H,2-3,6,8H2,1H3,(H,18,19). The van der Waals surface area contributed by atoms with E-state index in [1.54, 1.807) is 0 Å². The lowest BCUT2D eigenvalue weighted by molar-refractivity contribution is 0.0917. The van der Waals surface area contributed by atoms with Gasteiger partial charge in [0.05, 0.1) is 5.56 Å². The highest BCUT2D eigenvalue weighted by Gasteiger charge is 2.22. The van der Waals surface area contributed by atoms with E-state index in [2.05, 4.69) is 10.6 Å². The van der Waals surface area contributed by atoms with Crippen LogP contribution < -0.4 is 10.6 Å². The number of benzene rings is 1. The van der Waals surface area contributed by atoms with Gasteiger partial charge in [-0.15, -0.1) is 0 Å². The fraction of sp³-hybridized carbons (Fsp3) is 0.500. The third kappa shape index (κ3) is 3.50. The highest BCUT2D eigenvalue weighted by Crippen LogP contribution is 2.15. The first kappa shape index (κ1) is 13.9. The van der Waals surface area contributed by atoms with Crippen molar-refractivity contribution in [1.29, 1.82) is 0 Å². The van der Waals surface area contributed by atoms with E-state index in [-0.39, 0.29) is 11.6 Å². The average Bonchev–Trinajstić information content (AvgIpc) is 2.42. The van der Waals surface area contributed by atoms with Gasteiger partial charge in [0.15, 0.2) is 0 Å². The molecule has 0 aromatic heterocycles. The molecule has 0 aliphatic carbocycles. The molecule has 2 unspecified atom stereocenters. The molecular formula is C14H18F2N2O. The van der Waals surface area contributed by atoms with Crippen LogP contribution in [0, 0.1) is 17.6 Å². The first-order chi connectivity index (χ1) is 9.08. The molecule has 1 aromatic carbocycles. The summed E-state index contributed by atoms with van der Waals surface area (Å²) in [5.74, 6) is -1.55. The van der Waals surface area contributed by atoms with Crippen LogP contribution in [-0.4, -0.2) is 25.0 Å². The van der Waals surface area contributed by atoms with Crippen molar-refractivity contribution < 1.29 is 13.6 Å². The summed E-state index contributed by atoms with van der Waals surface area (Å²) in [7, 11) is 0. The predicted octanol–water partition coefficient (Wildman–Crippen LogP) is 2.08. The van der Waals surface area contributed by atoms with Crippen LogP contribution in [0.4, 0.5) is 8.78 Å². The first-order valence-corrected chi connectivity index (χ1v) is 6.54. The van der Waals surface area contributed by atoms with E-state index in [1.807, 2.05) is 6.92 Å². The van der Waals surface area contributed by atoms with Crippen LogP contribution in [0.15, 0.2) is 18.2 Å². The van der Waals surface area contributed by atoms with E-state index in [1.165, 1.54) is 0 Å². The molecule has 1 aliphatic rings. The monoisotopic (exact) mass is 268 g/mol. The molecule has 0 saturated carbocycles. The zero-order chi connectivity index (χ0) is 13.8. The van der Waals surface area contributed by atoms with Gasteiger partial charge in [-0.05, 0) is 57.0 Å². The molecule has 19 heavy (non-hydrogen) atoms. The Morgan fingerprint density at radius 3 is 2.95 bits per heavy atom. The molecule has 1 amide bonds. The molecule has 1 heterocycles. The Morgan fingerprint density at radius 2 is 2.26 bits per heavy atom. The predicted molar refractivity (Wildman–Crippen MR) is 68.9 cm³/mol. The highest BCUT2D eigenvalue weighted by atomic mass is 19.1. The number of hydrogen-bond donors (Lipinski definition) is 2. The van der Waals surface area contributed by atoms with Gasteiger partial charge in [-0.3, -0.25) is 4.79 Å². The Labute approximate surface area is 111 Å². The SMILES string of the molecule is CC(NC(=O)c1cc(F)ccc1F)C1CCCNC1. The van der Waals surface area contributed by atoms with E-state index in [9.17, 15) is 13.6 Å². The number of piperidine rings is 1. The van der Waals surface area contributed by atoms with Gasteiger partial charge in [-0.1, -0.05) is 0 Å². The maximum Gasteiger partial charge on any atom is 0.254 e. The molecule has 0 radical (unpaired) electrons. The minimum Gasteiger partial charge on any atom is -0.349 e. The van der Waals surface area contributed by atoms with Crippen LogP contribution >= 0.6 is 0 Å². The van der Waals surface area contributed by atoms with Crippen LogP contribution in [0.3, 0.4) is 0 Å². The Bertz CT molecular complexity index is 459. The van der Waals surface area contributed by atoms with Crippen LogP contribution in [0.25, 0.3) is 0 Å². The molecule has 1 saturated heterocycles. The van der Waals surface area contributed by atoms with Crippen molar-refractivity contribution in [1.82, 2.24) is 10.6 Å². The normalized spacial score (nSPS) is 20.9. The average molecular weight is 268 g/mol. The van der Waals surface area contributed by atoms with Crippen molar-refractivity contribution in [3.05, 3.63) is 35.4 Å². The quantitative estimate of drug-likeness (QED) is 0.881. The van der Waals surface area contributed by atoms with Gasteiger partial charge in [0.25, 0.3) is 5.91 Å². The number of hydrogen-bond acceptors (Lipinski definition) is 2. The number of carbonyl (C=O) groups is 1. The lowest BCUT2D eigenvalue weighted by Crippen LogP contribution is -2.44. The maximum absolute atomic E-state index is 13.5. The van der Waals surface area contributed by atoms with Gasteiger partial charge >= 0.3 is 0 Å². The fourth-order valence-corrected chi connectivity index (χ4v) is 2.38. The van der Waals surface area contributed by atoms with Gasteiger partial charge in [0.1, 0.15) is 11.6 Å². The van der Waals surface area contributed by atoms with E-state index >= 15 is 0 Å². The number of rotatable bonds is 3. The molecule has 1 fully saturated rings. The molecule has 0 bridgehead atoms. The number of carbonyl (C=O) groups excluding carboxylic acids is 1. The summed E-state index contributed by atoms with van der Waals surface area (Å²) < 4.78 is 26.5. The second-order valence-corrected chi connectivity index (χ2v) is 4.99. The summed E-state index contributed by atoms with van der Waals surface area (Å²) in [5, 5.41) is 6.01. The molecule has 104 valence electrons. The summed E-state index contributed by atoms with van der Waals surface area (Å²) in [6, 6.07) is 2.83. The van der Waals surface area contributed by atoms with Crippen LogP contribution in [-0.2, 0) is 0 Å². The van der Waals surface area contributed by atoms with E-state index < -0.39 is 17.5 Å². The Hall–Kier alpha value is -1.49. The Morgan fingerprint density at radius 1 is 1.47 bits per heavy atom. The fourth-order valence-electron chi connectivity index (χ4n) is 2.38. The Kier molecular flexibility index (Phi) is 4.47. The molecule has 0 spiro atoms. The van der Waals surface area contributed by atoms with Gasteiger partial charge in [-0.2, -0.15) is 0 Å². The Balaban J connectivity index is 2.01. The molecule has 2 atom stereocenters. The second kappa shape index (κ2) is 6.10. The smallest absolute Gasteiger partial charge is 0.254 e. The van der Waals surface area contributed by atoms with Crippen molar-refractivity contribution >= 4 is 5.91 Å². The van der Waals surface area contributed by atoms with Gasteiger partial charge < -0.3 is 10.6 Å². The van der Waals surface area contributed by atoms with Crippen LogP contribution in [0.1, 0.15) is 30.1 Å². The molecule has 1 aromatic rings. The van der Waals surface area contributed by atoms with Crippen molar-refractivity contribution in [3.8, 4) is 0 Å². The summed E-state index contributed by atoms with van der Waals surface area (Å²) in [4.78, 5) is 11.9. The topological polar surface area (TPSA) is 41.1 Å². The molecule has 2 rings (SSSR count). The molecule has 1 aliphatic heterocycles. The molecule has 5 heteroatoms. The highest BCUT2D eigenvalue weighted by molar-refractivity contribution is 5.94. The third-order valence-electron chi connectivity index (χ3n) is 3.57. The zero-order valence-electron chi connectivity index (χ0n) is 10.9. The lowest BCUT2D eigenvalue weighted by atomic mass is 9.92. The lowest BCUT2D eigenvalue weighted by Gasteiger charge is -2.29. The summed E-state index contributed by atoms with van der Waals surface area (Å²) >= 11 is 0. The molecular weight excluding hydrogens is 250 g/mol. The minimum atomic E-state index is -0.701. The van der Waals surface area contributed by atoms with E-state index in [0.29, 0.717) is 5.92 Å². The van der Waals surface area contributed by atoms with Gasteiger partial charge in [-0.25, -0.2) is 8.78 Å². The number of amides is 1. The largest absolute Gasteiger partial charge is 0.349 e. The zero-order valence-corrected chi connectivity index (χ0v) is 10.9. The van der Waals surface area contributed by atoms with Crippen molar-refractivity contribution in [2.24, 2.45) is 5.92 Å². The number of nitrogens with one attached hydrogen (secondary N) is 2. The van der Waals surface area contributed by atoms with Crippen LogP contribution in [0.2, 0.25) is 0 Å². The molecule has 2 N–H and O–H groups in total. The van der Waals surface area contributed by atoms with Crippen molar-refractivity contribution in [3.63, 3.8) is 0 Å². The van der Waals surface area contributed by atoms with Crippen molar-refractivity contribution in [2.75, 3.05) is 13.1 Å². The van der Waals surface area contributed by atoms with E-state index in [0.717, 1.165) is 44.1 Å². The third-order valence-corrected chi connectivity index (χ3v) is 3.57. The molecule has 3 nitrogen and oxygen atoms in total. The van der Waals surface area contributed by atoms with Crippen molar-refractivity contribution in [2.45, 2.75) is 25.8 Å². The first-order valence-electron chi connectivity index (χ1n) is 6.54.